The van der Waals surface area contributed by atoms with Gasteiger partial charge in [0.2, 0.25) is 0 Å². The van der Waals surface area contributed by atoms with Crippen molar-refractivity contribution in [3.63, 3.8) is 0 Å². The minimum atomic E-state index is -0.351. The van der Waals surface area contributed by atoms with E-state index in [1.165, 1.54) is 6.07 Å². The average molecular weight is 447 g/mol. The fourth-order valence-corrected chi connectivity index (χ4v) is 5.62. The lowest BCUT2D eigenvalue weighted by atomic mass is 9.75. The number of Topliss-reactive ketones (excluding diaryl/α,β-unsaturated/α-hetero) is 1. The number of nitrogens with zero attached hydrogens (tertiary/aromatic N) is 3. The van der Waals surface area contributed by atoms with Crippen LogP contribution in [0.5, 0.6) is 0 Å². The van der Waals surface area contributed by atoms with Crippen molar-refractivity contribution in [1.29, 1.82) is 0 Å². The summed E-state index contributed by atoms with van der Waals surface area (Å²) in [4.78, 5) is 24.5. The largest absolute Gasteiger partial charge is 0.367 e. The molecule has 3 heterocycles. The second-order valence-corrected chi connectivity index (χ2v) is 9.96. The maximum absolute atomic E-state index is 14.7. The zero-order valence-corrected chi connectivity index (χ0v) is 19.3. The Morgan fingerprint density at radius 1 is 1.18 bits per heavy atom. The molecule has 0 radical (unpaired) electrons. The summed E-state index contributed by atoms with van der Waals surface area (Å²) in [7, 11) is 0. The predicted octanol–water partition coefficient (Wildman–Crippen LogP) is 5.02. The Morgan fingerprint density at radius 3 is 2.76 bits per heavy atom. The topological polar surface area (TPSA) is 72.1 Å². The van der Waals surface area contributed by atoms with Gasteiger partial charge in [-0.1, -0.05) is 6.92 Å². The highest BCUT2D eigenvalue weighted by Gasteiger charge is 2.28. The van der Waals surface area contributed by atoms with Gasteiger partial charge in [0.15, 0.2) is 5.78 Å². The quantitative estimate of drug-likeness (QED) is 0.557. The summed E-state index contributed by atoms with van der Waals surface area (Å²) in [6.07, 6.45) is 9.72. The van der Waals surface area contributed by atoms with E-state index < -0.39 is 0 Å². The summed E-state index contributed by atoms with van der Waals surface area (Å²) in [5.74, 6) is 0.471. The molecule has 2 fully saturated rings. The van der Waals surface area contributed by atoms with Crippen molar-refractivity contribution < 1.29 is 9.18 Å². The number of anilines is 1. The molecule has 3 aromatic rings. The van der Waals surface area contributed by atoms with Gasteiger partial charge in [-0.3, -0.25) is 14.8 Å². The molecular formula is C27H31FN4O. The number of aromatic nitrogens is 2. The highest BCUT2D eigenvalue weighted by atomic mass is 19.1. The van der Waals surface area contributed by atoms with E-state index in [2.05, 4.69) is 28.7 Å². The molecule has 1 aliphatic carbocycles. The van der Waals surface area contributed by atoms with Crippen molar-refractivity contribution in [2.24, 2.45) is 11.7 Å². The number of halogens is 1. The van der Waals surface area contributed by atoms with Crippen LogP contribution in [0.25, 0.3) is 10.9 Å². The van der Waals surface area contributed by atoms with Gasteiger partial charge in [-0.15, -0.1) is 0 Å². The number of hydrogen-bond acceptors (Lipinski definition) is 5. The minimum absolute atomic E-state index is 0.0695. The Bertz CT molecular complexity index is 1190. The Balaban J connectivity index is 1.45. The van der Waals surface area contributed by atoms with Gasteiger partial charge in [0.1, 0.15) is 5.82 Å². The lowest BCUT2D eigenvalue weighted by Crippen LogP contribution is -2.45. The van der Waals surface area contributed by atoms with E-state index in [9.17, 15) is 9.18 Å². The van der Waals surface area contributed by atoms with Gasteiger partial charge in [-0.05, 0) is 79.8 Å². The molecule has 172 valence electrons. The van der Waals surface area contributed by atoms with Crippen LogP contribution in [0.1, 0.15) is 66.9 Å². The maximum Gasteiger partial charge on any atom is 0.169 e. The molecule has 2 N–H and O–H groups in total. The van der Waals surface area contributed by atoms with Crippen LogP contribution in [0.3, 0.4) is 0 Å². The summed E-state index contributed by atoms with van der Waals surface area (Å²) in [5, 5.41) is 0.399. The Kier molecular flexibility index (Phi) is 5.87. The van der Waals surface area contributed by atoms with Crippen LogP contribution in [-0.2, 0) is 6.42 Å². The molecule has 5 rings (SSSR count). The van der Waals surface area contributed by atoms with Gasteiger partial charge in [0, 0.05) is 48.4 Å². The Morgan fingerprint density at radius 2 is 2.03 bits per heavy atom. The Labute approximate surface area is 194 Å². The van der Waals surface area contributed by atoms with E-state index in [4.69, 9.17) is 5.73 Å². The van der Waals surface area contributed by atoms with Crippen molar-refractivity contribution in [3.05, 3.63) is 65.4 Å². The molecule has 0 unspecified atom stereocenters. The second-order valence-electron chi connectivity index (χ2n) is 9.96. The highest BCUT2D eigenvalue weighted by Crippen LogP contribution is 2.37. The molecule has 0 bridgehead atoms. The van der Waals surface area contributed by atoms with Gasteiger partial charge in [0.25, 0.3) is 0 Å². The van der Waals surface area contributed by atoms with E-state index in [0.29, 0.717) is 34.3 Å². The normalized spacial score (nSPS) is 25.2. The predicted molar refractivity (Wildman–Crippen MR) is 129 cm³/mol. The molecule has 1 saturated carbocycles. The van der Waals surface area contributed by atoms with Crippen LogP contribution in [0.2, 0.25) is 0 Å². The SMILES string of the molecule is C[C@@H]1C[C@H](N)C[C@H](c2ccncc2CC(=O)c2ccc(F)c3cc(N4CC[C@H]4C)cnc23)C1. The van der Waals surface area contributed by atoms with Crippen molar-refractivity contribution in [2.45, 2.75) is 64.0 Å². The number of pyridine rings is 2. The van der Waals surface area contributed by atoms with Gasteiger partial charge < -0.3 is 10.6 Å². The van der Waals surface area contributed by atoms with E-state index in [1.54, 1.807) is 24.7 Å². The van der Waals surface area contributed by atoms with Gasteiger partial charge in [-0.25, -0.2) is 4.39 Å². The molecular weight excluding hydrogens is 415 g/mol. The third-order valence-corrected chi connectivity index (χ3v) is 7.45. The average Bonchev–Trinajstić information content (AvgIpc) is 2.78. The lowest BCUT2D eigenvalue weighted by molar-refractivity contribution is 0.0994. The number of rotatable bonds is 5. The van der Waals surface area contributed by atoms with Crippen molar-refractivity contribution in [1.82, 2.24) is 9.97 Å². The fraction of sp³-hybridized carbons (Fsp3) is 0.444. The molecule has 2 aliphatic rings. The molecule has 1 saturated heterocycles. The highest BCUT2D eigenvalue weighted by molar-refractivity contribution is 6.08. The smallest absolute Gasteiger partial charge is 0.169 e. The molecule has 6 heteroatoms. The molecule has 2 aromatic heterocycles. The third-order valence-electron chi connectivity index (χ3n) is 7.45. The molecule has 0 spiro atoms. The lowest BCUT2D eigenvalue weighted by Gasteiger charge is -2.40. The first kappa shape index (κ1) is 22.0. The Hall–Kier alpha value is -2.86. The van der Waals surface area contributed by atoms with E-state index in [0.717, 1.165) is 49.0 Å². The number of carbonyl (C=O) groups is 1. The summed E-state index contributed by atoms with van der Waals surface area (Å²) in [6, 6.07) is 7.41. The van der Waals surface area contributed by atoms with E-state index >= 15 is 0 Å². The van der Waals surface area contributed by atoms with Gasteiger partial charge in [-0.2, -0.15) is 0 Å². The fourth-order valence-electron chi connectivity index (χ4n) is 5.62. The van der Waals surface area contributed by atoms with E-state index in [-0.39, 0.29) is 24.1 Å². The second kappa shape index (κ2) is 8.82. The van der Waals surface area contributed by atoms with Crippen LogP contribution < -0.4 is 10.6 Å². The summed E-state index contributed by atoms with van der Waals surface area (Å²) >= 11 is 0. The number of fused-ring (bicyclic) bond motifs is 1. The summed E-state index contributed by atoms with van der Waals surface area (Å²) in [6.45, 7) is 5.33. The summed E-state index contributed by atoms with van der Waals surface area (Å²) in [5.41, 5.74) is 10.2. The number of carbonyl (C=O) groups excluding carboxylic acids is 1. The minimum Gasteiger partial charge on any atom is -0.367 e. The number of ketones is 1. The summed E-state index contributed by atoms with van der Waals surface area (Å²) < 4.78 is 14.7. The standard InChI is InChI=1S/C27H31FN4O/c1-16-9-18(11-20(29)10-16)22-5-7-30-14-19(22)12-26(33)23-3-4-25(28)24-13-21(15-31-27(23)24)32-8-6-17(32)2/h3-5,7,13-18,20H,6,8-12,29H2,1-2H3/t16-,17+,18+,20-/m0/s1. The molecule has 33 heavy (non-hydrogen) atoms. The number of benzene rings is 1. The zero-order chi connectivity index (χ0) is 23.1. The molecule has 1 aromatic carbocycles. The first-order chi connectivity index (χ1) is 15.9. The van der Waals surface area contributed by atoms with Crippen LogP contribution in [0, 0.1) is 11.7 Å². The van der Waals surface area contributed by atoms with Crippen LogP contribution >= 0.6 is 0 Å². The van der Waals surface area contributed by atoms with Crippen molar-refractivity contribution in [2.75, 3.05) is 11.4 Å². The number of hydrogen-bond donors (Lipinski definition) is 1. The molecule has 5 nitrogen and oxygen atoms in total. The first-order valence-corrected chi connectivity index (χ1v) is 12.0. The zero-order valence-electron chi connectivity index (χ0n) is 19.3. The monoisotopic (exact) mass is 446 g/mol. The maximum atomic E-state index is 14.7. The van der Waals surface area contributed by atoms with Crippen molar-refractivity contribution in [3.8, 4) is 0 Å². The van der Waals surface area contributed by atoms with Crippen LogP contribution in [-0.4, -0.2) is 34.4 Å². The van der Waals surface area contributed by atoms with Crippen LogP contribution in [0.4, 0.5) is 10.1 Å². The van der Waals surface area contributed by atoms with Gasteiger partial charge >= 0.3 is 0 Å². The molecule has 4 atom stereocenters. The first-order valence-electron chi connectivity index (χ1n) is 12.0. The van der Waals surface area contributed by atoms with Gasteiger partial charge in [0.05, 0.1) is 17.4 Å². The number of nitrogens with two attached hydrogens (primary N) is 1. The van der Waals surface area contributed by atoms with Crippen LogP contribution in [0.15, 0.2) is 42.9 Å². The third kappa shape index (κ3) is 4.24. The molecule has 0 amide bonds. The van der Waals surface area contributed by atoms with E-state index in [1.807, 2.05) is 12.1 Å². The van der Waals surface area contributed by atoms with Crippen molar-refractivity contribution >= 4 is 22.4 Å². The molecule has 1 aliphatic heterocycles.